The fraction of sp³-hybridized carbons (Fsp3) is 0.125. The Morgan fingerprint density at radius 3 is 2.59 bits per heavy atom. The molecule has 0 saturated heterocycles. The van der Waals surface area contributed by atoms with Gasteiger partial charge >= 0.3 is 0 Å². The molecule has 0 atom stereocenters. The molecule has 2 aromatic carbocycles. The molecule has 0 aromatic heterocycles. The van der Waals surface area contributed by atoms with Crippen LogP contribution < -0.4 is 20.1 Å². The topological polar surface area (TPSA) is 76.7 Å². The number of hydrogen-bond donors (Lipinski definition) is 2. The molecule has 6 heteroatoms. The smallest absolute Gasteiger partial charge is 0.255 e. The van der Waals surface area contributed by atoms with Gasteiger partial charge in [0.1, 0.15) is 11.5 Å². The van der Waals surface area contributed by atoms with Crippen molar-refractivity contribution in [3.05, 3.63) is 48.0 Å². The van der Waals surface area contributed by atoms with Crippen molar-refractivity contribution in [1.29, 1.82) is 0 Å². The van der Waals surface area contributed by atoms with Crippen molar-refractivity contribution in [3.63, 3.8) is 0 Å². The van der Waals surface area contributed by atoms with Gasteiger partial charge < -0.3 is 20.1 Å². The van der Waals surface area contributed by atoms with Crippen LogP contribution >= 0.6 is 0 Å². The zero-order valence-electron chi connectivity index (χ0n) is 12.3. The van der Waals surface area contributed by atoms with Crippen molar-refractivity contribution in [2.24, 2.45) is 0 Å². The van der Waals surface area contributed by atoms with Gasteiger partial charge in [0, 0.05) is 17.3 Å². The summed E-state index contributed by atoms with van der Waals surface area (Å²) in [6.45, 7) is 0. The highest BCUT2D eigenvalue weighted by atomic mass is 16.5. The van der Waals surface area contributed by atoms with E-state index in [0.717, 1.165) is 0 Å². The van der Waals surface area contributed by atoms with E-state index in [2.05, 4.69) is 10.6 Å². The van der Waals surface area contributed by atoms with Gasteiger partial charge in [-0.2, -0.15) is 0 Å². The molecule has 0 unspecified atom stereocenters. The summed E-state index contributed by atoms with van der Waals surface area (Å²) in [6, 6.07) is 11.7. The predicted octanol–water partition coefficient (Wildman–Crippen LogP) is 2.52. The van der Waals surface area contributed by atoms with Crippen molar-refractivity contribution in [2.45, 2.75) is 0 Å². The first-order valence-corrected chi connectivity index (χ1v) is 6.51. The van der Waals surface area contributed by atoms with Crippen molar-refractivity contribution < 1.29 is 19.1 Å². The Balaban J connectivity index is 2.24. The minimum atomic E-state index is -0.318. The van der Waals surface area contributed by atoms with Crippen LogP contribution in [0, 0.1) is 0 Å². The van der Waals surface area contributed by atoms with Crippen LogP contribution in [0.15, 0.2) is 42.5 Å². The van der Waals surface area contributed by atoms with Gasteiger partial charge in [0.2, 0.25) is 6.41 Å². The van der Waals surface area contributed by atoms with E-state index in [9.17, 15) is 9.59 Å². The van der Waals surface area contributed by atoms with E-state index in [1.807, 2.05) is 0 Å². The average Bonchev–Trinajstić information content (AvgIpc) is 2.55. The van der Waals surface area contributed by atoms with E-state index in [0.29, 0.717) is 34.8 Å². The number of methoxy groups -OCH3 is 2. The molecule has 0 aliphatic carbocycles. The molecule has 0 fully saturated rings. The molecule has 2 N–H and O–H groups in total. The van der Waals surface area contributed by atoms with Crippen LogP contribution in [0.2, 0.25) is 0 Å². The number of amides is 2. The number of carbonyl (C=O) groups excluding carboxylic acids is 2. The molecule has 22 heavy (non-hydrogen) atoms. The summed E-state index contributed by atoms with van der Waals surface area (Å²) in [5, 5.41) is 5.26. The lowest BCUT2D eigenvalue weighted by atomic mass is 10.1. The number of rotatable bonds is 6. The minimum absolute atomic E-state index is 0.318. The Morgan fingerprint density at radius 1 is 1.09 bits per heavy atom. The maximum Gasteiger partial charge on any atom is 0.255 e. The summed E-state index contributed by atoms with van der Waals surface area (Å²) >= 11 is 0. The average molecular weight is 300 g/mol. The zero-order valence-corrected chi connectivity index (χ0v) is 12.3. The lowest BCUT2D eigenvalue weighted by Crippen LogP contribution is -2.13. The van der Waals surface area contributed by atoms with Crippen molar-refractivity contribution in [3.8, 4) is 11.5 Å². The molecule has 0 spiro atoms. The molecule has 0 aliphatic heterocycles. The third-order valence-corrected chi connectivity index (χ3v) is 3.01. The Morgan fingerprint density at radius 2 is 1.91 bits per heavy atom. The van der Waals surface area contributed by atoms with E-state index >= 15 is 0 Å². The number of hydrogen-bond acceptors (Lipinski definition) is 4. The van der Waals surface area contributed by atoms with Crippen LogP contribution in [0.5, 0.6) is 11.5 Å². The number of benzene rings is 2. The van der Waals surface area contributed by atoms with Crippen LogP contribution in [0.1, 0.15) is 10.4 Å². The first-order valence-electron chi connectivity index (χ1n) is 6.51. The molecule has 6 nitrogen and oxygen atoms in total. The van der Waals surface area contributed by atoms with E-state index < -0.39 is 0 Å². The van der Waals surface area contributed by atoms with Gasteiger partial charge in [0.05, 0.1) is 19.9 Å². The summed E-state index contributed by atoms with van der Waals surface area (Å²) in [7, 11) is 3.06. The van der Waals surface area contributed by atoms with Crippen LogP contribution in [0.3, 0.4) is 0 Å². The summed E-state index contributed by atoms with van der Waals surface area (Å²) in [5.74, 6) is 0.810. The molecule has 0 saturated carbocycles. The van der Waals surface area contributed by atoms with Gasteiger partial charge in [-0.1, -0.05) is 6.07 Å². The predicted molar refractivity (Wildman–Crippen MR) is 83.6 cm³/mol. The SMILES string of the molecule is COc1ccc(OC)c(NC(=O)c2cccc(NC=O)c2)c1. The molecule has 2 aromatic rings. The van der Waals surface area contributed by atoms with Crippen LogP contribution in [-0.2, 0) is 4.79 Å². The van der Waals surface area contributed by atoms with Gasteiger partial charge in [-0.3, -0.25) is 9.59 Å². The number of carbonyl (C=O) groups is 2. The second-order valence-electron chi connectivity index (χ2n) is 4.36. The van der Waals surface area contributed by atoms with E-state index in [-0.39, 0.29) is 5.91 Å². The maximum atomic E-state index is 12.3. The second kappa shape index (κ2) is 7.12. The monoisotopic (exact) mass is 300 g/mol. The van der Waals surface area contributed by atoms with Gasteiger partial charge in [-0.15, -0.1) is 0 Å². The fourth-order valence-corrected chi connectivity index (χ4v) is 1.92. The summed E-state index contributed by atoms with van der Waals surface area (Å²) in [4.78, 5) is 22.8. The lowest BCUT2D eigenvalue weighted by molar-refractivity contribution is -0.105. The largest absolute Gasteiger partial charge is 0.497 e. The van der Waals surface area contributed by atoms with Crippen LogP contribution in [0.25, 0.3) is 0 Å². The number of nitrogens with one attached hydrogen (secondary N) is 2. The first-order chi connectivity index (χ1) is 10.7. The molecule has 2 rings (SSSR count). The number of ether oxygens (including phenoxy) is 2. The summed E-state index contributed by atoms with van der Waals surface area (Å²) < 4.78 is 10.4. The number of anilines is 2. The third kappa shape index (κ3) is 3.54. The van der Waals surface area contributed by atoms with Crippen molar-refractivity contribution in [2.75, 3.05) is 24.9 Å². The van der Waals surface area contributed by atoms with Gasteiger partial charge in [-0.25, -0.2) is 0 Å². The second-order valence-corrected chi connectivity index (χ2v) is 4.36. The molecular weight excluding hydrogens is 284 g/mol. The lowest BCUT2D eigenvalue weighted by Gasteiger charge is -2.12. The van der Waals surface area contributed by atoms with Gasteiger partial charge in [0.25, 0.3) is 5.91 Å². The van der Waals surface area contributed by atoms with Crippen molar-refractivity contribution >= 4 is 23.7 Å². The normalized spacial score (nSPS) is 9.73. The molecule has 2 amide bonds. The standard InChI is InChI=1S/C16H16N2O4/c1-21-13-6-7-15(22-2)14(9-13)18-16(20)11-4-3-5-12(8-11)17-10-19/h3-10H,1-2H3,(H,17,19)(H,18,20). The highest BCUT2D eigenvalue weighted by Crippen LogP contribution is 2.29. The first kappa shape index (κ1) is 15.4. The molecule has 0 heterocycles. The van der Waals surface area contributed by atoms with Gasteiger partial charge in [0.15, 0.2) is 0 Å². The molecule has 0 bridgehead atoms. The Bertz CT molecular complexity index is 686. The fourth-order valence-electron chi connectivity index (χ4n) is 1.92. The summed E-state index contributed by atoms with van der Waals surface area (Å²) in [6.07, 6.45) is 0.558. The molecule has 0 radical (unpaired) electrons. The van der Waals surface area contributed by atoms with Crippen molar-refractivity contribution in [1.82, 2.24) is 0 Å². The molecular formula is C16H16N2O4. The van der Waals surface area contributed by atoms with Crippen LogP contribution in [0.4, 0.5) is 11.4 Å². The maximum absolute atomic E-state index is 12.3. The van der Waals surface area contributed by atoms with E-state index in [1.54, 1.807) is 49.6 Å². The highest BCUT2D eigenvalue weighted by molar-refractivity contribution is 6.05. The van der Waals surface area contributed by atoms with Gasteiger partial charge in [-0.05, 0) is 30.3 Å². The molecule has 114 valence electrons. The van der Waals surface area contributed by atoms with E-state index in [4.69, 9.17) is 9.47 Å². The Kier molecular flexibility index (Phi) is 4.98. The van der Waals surface area contributed by atoms with E-state index in [1.165, 1.54) is 7.11 Å². The summed E-state index contributed by atoms with van der Waals surface area (Å²) in [5.41, 5.74) is 1.46. The zero-order chi connectivity index (χ0) is 15.9. The highest BCUT2D eigenvalue weighted by Gasteiger charge is 2.11. The Hall–Kier alpha value is -3.02. The van der Waals surface area contributed by atoms with Crippen LogP contribution in [-0.4, -0.2) is 26.5 Å². The quantitative estimate of drug-likeness (QED) is 0.804. The Labute approximate surface area is 128 Å². The minimum Gasteiger partial charge on any atom is -0.497 e. The molecule has 0 aliphatic rings. The third-order valence-electron chi connectivity index (χ3n) is 3.01.